The summed E-state index contributed by atoms with van der Waals surface area (Å²) in [5, 5.41) is 0. The van der Waals surface area contributed by atoms with Gasteiger partial charge in [-0.05, 0) is 80.8 Å². The third-order valence-corrected chi connectivity index (χ3v) is 6.46. The zero-order valence-corrected chi connectivity index (χ0v) is 14.4. The highest BCUT2D eigenvalue weighted by Crippen LogP contribution is 2.61. The van der Waals surface area contributed by atoms with Gasteiger partial charge in [0.25, 0.3) is 0 Å². The SMILES string of the molecule is Cc1cccc(CN(C)C(=O)CC23CC4CC(CC(C4)C2)C3)n1. The van der Waals surface area contributed by atoms with E-state index in [1.807, 2.05) is 37.1 Å². The maximum absolute atomic E-state index is 12.8. The molecule has 4 aliphatic carbocycles. The quantitative estimate of drug-likeness (QED) is 0.843. The van der Waals surface area contributed by atoms with Gasteiger partial charge in [-0.1, -0.05) is 6.07 Å². The van der Waals surface area contributed by atoms with Crippen molar-refractivity contribution >= 4 is 5.91 Å². The molecule has 0 unspecified atom stereocenters. The number of nitrogens with zero attached hydrogens (tertiary/aromatic N) is 2. The molecule has 4 fully saturated rings. The molecule has 0 aromatic carbocycles. The van der Waals surface area contributed by atoms with Gasteiger partial charge in [-0.15, -0.1) is 0 Å². The van der Waals surface area contributed by atoms with Gasteiger partial charge in [0.2, 0.25) is 5.91 Å². The standard InChI is InChI=1S/C20H28N2O/c1-14-4-3-5-18(21-14)13-22(2)19(23)12-20-9-15-6-16(10-20)8-17(7-15)11-20/h3-5,15-17H,6-13H2,1-2H3. The summed E-state index contributed by atoms with van der Waals surface area (Å²) in [5.74, 6) is 3.06. The lowest BCUT2D eigenvalue weighted by molar-refractivity contribution is -0.138. The first-order chi connectivity index (χ1) is 11.0. The lowest BCUT2D eigenvalue weighted by Crippen LogP contribution is -2.48. The Morgan fingerprint density at radius 3 is 2.35 bits per heavy atom. The van der Waals surface area contributed by atoms with Crippen molar-refractivity contribution in [3.8, 4) is 0 Å². The molecule has 124 valence electrons. The number of carbonyl (C=O) groups is 1. The maximum atomic E-state index is 12.8. The molecule has 4 bridgehead atoms. The monoisotopic (exact) mass is 312 g/mol. The van der Waals surface area contributed by atoms with Crippen LogP contribution in [0.5, 0.6) is 0 Å². The van der Waals surface area contributed by atoms with E-state index < -0.39 is 0 Å². The van der Waals surface area contributed by atoms with Gasteiger partial charge in [-0.25, -0.2) is 0 Å². The molecular weight excluding hydrogens is 284 g/mol. The van der Waals surface area contributed by atoms with Gasteiger partial charge in [0.15, 0.2) is 0 Å². The molecule has 0 atom stereocenters. The van der Waals surface area contributed by atoms with Crippen LogP contribution in [0.4, 0.5) is 0 Å². The molecule has 0 spiro atoms. The Morgan fingerprint density at radius 2 is 1.78 bits per heavy atom. The third kappa shape index (κ3) is 3.02. The van der Waals surface area contributed by atoms with Crippen molar-refractivity contribution in [3.63, 3.8) is 0 Å². The molecule has 5 rings (SSSR count). The Labute approximate surface area is 139 Å². The second-order valence-corrected chi connectivity index (χ2v) is 8.61. The molecule has 4 saturated carbocycles. The first kappa shape index (κ1) is 15.2. The summed E-state index contributed by atoms with van der Waals surface area (Å²) in [6.45, 7) is 2.63. The van der Waals surface area contributed by atoms with Crippen molar-refractivity contribution in [1.82, 2.24) is 9.88 Å². The number of hydrogen-bond acceptors (Lipinski definition) is 2. The first-order valence-electron chi connectivity index (χ1n) is 9.18. The molecule has 1 aromatic rings. The van der Waals surface area contributed by atoms with Crippen molar-refractivity contribution in [2.45, 2.75) is 58.4 Å². The minimum atomic E-state index is 0.315. The summed E-state index contributed by atoms with van der Waals surface area (Å²) in [4.78, 5) is 19.2. The fraction of sp³-hybridized carbons (Fsp3) is 0.700. The highest BCUT2D eigenvalue weighted by molar-refractivity contribution is 5.76. The number of amides is 1. The summed E-state index contributed by atoms with van der Waals surface area (Å²) in [6, 6.07) is 6.04. The first-order valence-corrected chi connectivity index (χ1v) is 9.18. The van der Waals surface area contributed by atoms with Gasteiger partial charge in [0.1, 0.15) is 0 Å². The van der Waals surface area contributed by atoms with E-state index in [0.29, 0.717) is 17.9 Å². The Kier molecular flexibility index (Phi) is 3.70. The Balaban J connectivity index is 1.41. The predicted octanol–water partition coefficient (Wildman–Crippen LogP) is 3.95. The van der Waals surface area contributed by atoms with Crippen LogP contribution in [0.15, 0.2) is 18.2 Å². The molecule has 0 aliphatic heterocycles. The molecular formula is C20H28N2O. The van der Waals surface area contributed by atoms with Crippen LogP contribution >= 0.6 is 0 Å². The number of rotatable bonds is 4. The van der Waals surface area contributed by atoms with E-state index in [1.165, 1.54) is 38.5 Å². The minimum absolute atomic E-state index is 0.315. The zero-order chi connectivity index (χ0) is 16.0. The molecule has 3 heteroatoms. The van der Waals surface area contributed by atoms with Crippen LogP contribution < -0.4 is 0 Å². The van der Waals surface area contributed by atoms with Crippen LogP contribution in [0.3, 0.4) is 0 Å². The molecule has 0 N–H and O–H groups in total. The zero-order valence-electron chi connectivity index (χ0n) is 14.4. The number of aryl methyl sites for hydroxylation is 1. The van der Waals surface area contributed by atoms with E-state index in [4.69, 9.17) is 0 Å². The second kappa shape index (κ2) is 5.61. The van der Waals surface area contributed by atoms with Gasteiger partial charge in [-0.2, -0.15) is 0 Å². The highest BCUT2D eigenvalue weighted by atomic mass is 16.2. The fourth-order valence-electron chi connectivity index (χ4n) is 5.98. The van der Waals surface area contributed by atoms with Crippen LogP contribution in [0, 0.1) is 30.1 Å². The van der Waals surface area contributed by atoms with Crippen LogP contribution in [0.25, 0.3) is 0 Å². The normalized spacial score (nSPS) is 34.6. The van der Waals surface area contributed by atoms with Crippen LogP contribution in [-0.2, 0) is 11.3 Å². The lowest BCUT2D eigenvalue weighted by Gasteiger charge is -2.56. The molecule has 1 aromatic heterocycles. The van der Waals surface area contributed by atoms with E-state index in [-0.39, 0.29) is 0 Å². The average Bonchev–Trinajstić information content (AvgIpc) is 2.45. The van der Waals surface area contributed by atoms with Gasteiger partial charge in [0, 0.05) is 19.2 Å². The van der Waals surface area contributed by atoms with Gasteiger partial charge < -0.3 is 4.90 Å². The molecule has 0 radical (unpaired) electrons. The van der Waals surface area contributed by atoms with Crippen molar-refractivity contribution in [2.24, 2.45) is 23.2 Å². The smallest absolute Gasteiger partial charge is 0.223 e. The summed E-state index contributed by atoms with van der Waals surface area (Å²) >= 11 is 0. The van der Waals surface area contributed by atoms with Crippen molar-refractivity contribution < 1.29 is 4.79 Å². The van der Waals surface area contributed by atoms with E-state index in [9.17, 15) is 4.79 Å². The topological polar surface area (TPSA) is 33.2 Å². The Morgan fingerprint density at radius 1 is 1.17 bits per heavy atom. The van der Waals surface area contributed by atoms with E-state index in [0.717, 1.165) is 35.6 Å². The molecule has 4 aliphatic rings. The molecule has 1 heterocycles. The summed E-state index contributed by atoms with van der Waals surface area (Å²) < 4.78 is 0. The number of hydrogen-bond donors (Lipinski definition) is 0. The van der Waals surface area contributed by atoms with Crippen LogP contribution in [0.2, 0.25) is 0 Å². The third-order valence-electron chi connectivity index (χ3n) is 6.46. The average molecular weight is 312 g/mol. The minimum Gasteiger partial charge on any atom is -0.340 e. The predicted molar refractivity (Wildman–Crippen MR) is 90.7 cm³/mol. The van der Waals surface area contributed by atoms with Crippen molar-refractivity contribution in [2.75, 3.05) is 7.05 Å². The highest BCUT2D eigenvalue weighted by Gasteiger charge is 2.51. The fourth-order valence-corrected chi connectivity index (χ4v) is 5.98. The molecule has 3 nitrogen and oxygen atoms in total. The van der Waals surface area contributed by atoms with E-state index >= 15 is 0 Å². The second-order valence-electron chi connectivity index (χ2n) is 8.61. The summed E-state index contributed by atoms with van der Waals surface area (Å²) in [5.41, 5.74) is 2.34. The van der Waals surface area contributed by atoms with Gasteiger partial charge >= 0.3 is 0 Å². The van der Waals surface area contributed by atoms with Crippen molar-refractivity contribution in [1.29, 1.82) is 0 Å². The molecule has 23 heavy (non-hydrogen) atoms. The van der Waals surface area contributed by atoms with Gasteiger partial charge in [-0.3, -0.25) is 9.78 Å². The lowest BCUT2D eigenvalue weighted by atomic mass is 9.49. The van der Waals surface area contributed by atoms with Crippen LogP contribution in [-0.4, -0.2) is 22.8 Å². The largest absolute Gasteiger partial charge is 0.340 e. The Bertz CT molecular complexity index is 574. The summed E-state index contributed by atoms with van der Waals surface area (Å²) in [7, 11) is 1.94. The van der Waals surface area contributed by atoms with Crippen LogP contribution in [0.1, 0.15) is 56.3 Å². The number of aromatic nitrogens is 1. The van der Waals surface area contributed by atoms with E-state index in [1.54, 1.807) is 0 Å². The van der Waals surface area contributed by atoms with E-state index in [2.05, 4.69) is 4.98 Å². The maximum Gasteiger partial charge on any atom is 0.223 e. The summed E-state index contributed by atoms with van der Waals surface area (Å²) in [6.07, 6.45) is 9.01. The van der Waals surface area contributed by atoms with Gasteiger partial charge in [0.05, 0.1) is 12.2 Å². The molecule has 1 amide bonds. The van der Waals surface area contributed by atoms with Crippen molar-refractivity contribution in [3.05, 3.63) is 29.6 Å². The number of pyridine rings is 1. The molecule has 0 saturated heterocycles. The number of carbonyl (C=O) groups excluding carboxylic acids is 1. The Hall–Kier alpha value is -1.38.